The summed E-state index contributed by atoms with van der Waals surface area (Å²) in [7, 11) is 0. The maximum atomic E-state index is 11.0. The molecule has 0 amide bonds. The molecule has 1 aromatic heterocycles. The van der Waals surface area contributed by atoms with E-state index in [1.165, 1.54) is 6.07 Å². The van der Waals surface area contributed by atoms with E-state index in [2.05, 4.69) is 15.5 Å². The van der Waals surface area contributed by atoms with Crippen LogP contribution in [0.4, 0.5) is 5.69 Å². The van der Waals surface area contributed by atoms with Crippen molar-refractivity contribution in [2.45, 2.75) is 32.4 Å². The molecule has 2 atom stereocenters. The number of aliphatic hydroxyl groups is 1. The largest absolute Gasteiger partial charge is 0.392 e. The highest BCUT2D eigenvalue weighted by Crippen LogP contribution is 2.41. The molecule has 0 aromatic carbocycles. The van der Waals surface area contributed by atoms with Crippen LogP contribution in [0.15, 0.2) is 17.1 Å². The lowest BCUT2D eigenvalue weighted by atomic mass is 9.64. The molecule has 5 heteroatoms. The summed E-state index contributed by atoms with van der Waals surface area (Å²) in [5.74, 6) is 0. The normalized spacial score (nSPS) is 28.2. The van der Waals surface area contributed by atoms with Crippen molar-refractivity contribution in [1.29, 1.82) is 0 Å². The van der Waals surface area contributed by atoms with E-state index in [1.807, 2.05) is 13.8 Å². The molecule has 0 aliphatic heterocycles. The van der Waals surface area contributed by atoms with Crippen LogP contribution in [0, 0.1) is 5.41 Å². The monoisotopic (exact) mass is 209 g/mol. The van der Waals surface area contributed by atoms with Crippen LogP contribution in [0.1, 0.15) is 20.3 Å². The Morgan fingerprint density at radius 3 is 2.93 bits per heavy atom. The van der Waals surface area contributed by atoms with Gasteiger partial charge in [0.2, 0.25) is 0 Å². The molecule has 2 rings (SSSR count). The quantitative estimate of drug-likeness (QED) is 0.656. The van der Waals surface area contributed by atoms with Gasteiger partial charge in [-0.2, -0.15) is 5.10 Å². The number of anilines is 1. The molecule has 2 unspecified atom stereocenters. The molecule has 3 N–H and O–H groups in total. The Hall–Kier alpha value is -1.36. The highest BCUT2D eigenvalue weighted by Gasteiger charge is 2.47. The molecular weight excluding hydrogens is 194 g/mol. The third kappa shape index (κ3) is 1.74. The molecule has 0 radical (unpaired) electrons. The minimum Gasteiger partial charge on any atom is -0.392 e. The van der Waals surface area contributed by atoms with E-state index in [0.29, 0.717) is 12.1 Å². The van der Waals surface area contributed by atoms with Gasteiger partial charge in [-0.15, -0.1) is 0 Å². The Kier molecular flexibility index (Phi) is 2.26. The van der Waals surface area contributed by atoms with E-state index in [1.54, 1.807) is 6.20 Å². The Morgan fingerprint density at radius 1 is 1.67 bits per heavy atom. The molecular formula is C10H15N3O2. The third-order valence-corrected chi connectivity index (χ3v) is 3.22. The lowest BCUT2D eigenvalue weighted by Gasteiger charge is -2.49. The van der Waals surface area contributed by atoms with Crippen molar-refractivity contribution >= 4 is 5.69 Å². The van der Waals surface area contributed by atoms with Crippen LogP contribution in [-0.4, -0.2) is 27.4 Å². The van der Waals surface area contributed by atoms with Crippen molar-refractivity contribution < 1.29 is 5.11 Å². The zero-order valence-corrected chi connectivity index (χ0v) is 8.82. The molecule has 5 nitrogen and oxygen atoms in total. The zero-order valence-electron chi connectivity index (χ0n) is 8.82. The molecule has 1 aliphatic carbocycles. The number of aromatic amines is 1. The van der Waals surface area contributed by atoms with Crippen molar-refractivity contribution in [1.82, 2.24) is 10.2 Å². The molecule has 0 bridgehead atoms. The topological polar surface area (TPSA) is 78.0 Å². The van der Waals surface area contributed by atoms with Crippen LogP contribution in [0.5, 0.6) is 0 Å². The van der Waals surface area contributed by atoms with Gasteiger partial charge in [-0.25, -0.2) is 5.10 Å². The molecule has 1 fully saturated rings. The Balaban J connectivity index is 2.08. The van der Waals surface area contributed by atoms with Gasteiger partial charge in [0.25, 0.3) is 5.56 Å². The molecule has 1 saturated carbocycles. The number of nitrogens with one attached hydrogen (secondary N) is 2. The summed E-state index contributed by atoms with van der Waals surface area (Å²) in [5, 5.41) is 18.8. The Morgan fingerprint density at radius 2 is 2.40 bits per heavy atom. The second kappa shape index (κ2) is 3.34. The van der Waals surface area contributed by atoms with Crippen molar-refractivity contribution in [3.63, 3.8) is 0 Å². The summed E-state index contributed by atoms with van der Waals surface area (Å²) in [4.78, 5) is 11.0. The Labute approximate surface area is 87.5 Å². The number of nitrogens with zero attached hydrogens (tertiary/aromatic N) is 1. The SMILES string of the molecule is CC1(C)C(O)CC1Nc1cn[nH]c(=O)c1. The predicted molar refractivity (Wildman–Crippen MR) is 56.7 cm³/mol. The average Bonchev–Trinajstić information content (AvgIpc) is 2.17. The van der Waals surface area contributed by atoms with Crippen LogP contribution < -0.4 is 10.9 Å². The number of hydrogen-bond donors (Lipinski definition) is 3. The number of aromatic nitrogens is 2. The van der Waals surface area contributed by atoms with E-state index in [9.17, 15) is 9.90 Å². The first kappa shape index (κ1) is 10.2. The first-order chi connectivity index (χ1) is 7.00. The van der Waals surface area contributed by atoms with Crippen molar-refractivity contribution in [3.05, 3.63) is 22.6 Å². The summed E-state index contributed by atoms with van der Waals surface area (Å²) in [6.07, 6.45) is 2.01. The molecule has 0 saturated heterocycles. The second-order valence-corrected chi connectivity index (χ2v) is 4.60. The minimum absolute atomic E-state index is 0.150. The van der Waals surface area contributed by atoms with Crippen LogP contribution in [0.2, 0.25) is 0 Å². The maximum absolute atomic E-state index is 11.0. The summed E-state index contributed by atoms with van der Waals surface area (Å²) in [6, 6.07) is 1.66. The van der Waals surface area contributed by atoms with Crippen molar-refractivity contribution in [3.8, 4) is 0 Å². The predicted octanol–water partition coefficient (Wildman–Crippen LogP) is 0.341. The molecule has 15 heavy (non-hydrogen) atoms. The van der Waals surface area contributed by atoms with E-state index >= 15 is 0 Å². The van der Waals surface area contributed by atoms with E-state index in [0.717, 1.165) is 0 Å². The van der Waals surface area contributed by atoms with E-state index < -0.39 is 0 Å². The number of H-pyrrole nitrogens is 1. The smallest absolute Gasteiger partial charge is 0.266 e. The molecule has 82 valence electrons. The third-order valence-electron chi connectivity index (χ3n) is 3.22. The van der Waals surface area contributed by atoms with Gasteiger partial charge in [0.15, 0.2) is 0 Å². The number of hydrogen-bond acceptors (Lipinski definition) is 4. The molecule has 0 spiro atoms. The van der Waals surface area contributed by atoms with Gasteiger partial charge in [-0.3, -0.25) is 4.79 Å². The van der Waals surface area contributed by atoms with Gasteiger partial charge in [0, 0.05) is 17.5 Å². The lowest BCUT2D eigenvalue weighted by Crippen LogP contribution is -2.56. The molecule has 1 aromatic rings. The van der Waals surface area contributed by atoms with Gasteiger partial charge in [0.05, 0.1) is 18.0 Å². The molecule has 1 heterocycles. The summed E-state index contributed by atoms with van der Waals surface area (Å²) >= 11 is 0. The van der Waals surface area contributed by atoms with Crippen molar-refractivity contribution in [2.75, 3.05) is 5.32 Å². The lowest BCUT2D eigenvalue weighted by molar-refractivity contribution is -0.0510. The highest BCUT2D eigenvalue weighted by atomic mass is 16.3. The van der Waals surface area contributed by atoms with Gasteiger partial charge in [-0.05, 0) is 6.42 Å². The number of aliphatic hydroxyl groups excluding tert-OH is 1. The number of rotatable bonds is 2. The minimum atomic E-state index is -0.273. The zero-order chi connectivity index (χ0) is 11.1. The van der Waals surface area contributed by atoms with Crippen LogP contribution in [-0.2, 0) is 0 Å². The highest BCUT2D eigenvalue weighted by molar-refractivity contribution is 5.41. The fraction of sp³-hybridized carbons (Fsp3) is 0.600. The first-order valence-electron chi connectivity index (χ1n) is 4.99. The second-order valence-electron chi connectivity index (χ2n) is 4.60. The summed E-state index contributed by atoms with van der Waals surface area (Å²) in [5.41, 5.74) is 0.323. The first-order valence-corrected chi connectivity index (χ1v) is 4.99. The van der Waals surface area contributed by atoms with Crippen LogP contribution in [0.3, 0.4) is 0 Å². The van der Waals surface area contributed by atoms with Crippen LogP contribution in [0.25, 0.3) is 0 Å². The maximum Gasteiger partial charge on any atom is 0.266 e. The summed E-state index contributed by atoms with van der Waals surface area (Å²) in [6.45, 7) is 4.00. The van der Waals surface area contributed by atoms with Gasteiger partial charge in [0.1, 0.15) is 0 Å². The van der Waals surface area contributed by atoms with Crippen LogP contribution >= 0.6 is 0 Å². The van der Waals surface area contributed by atoms with E-state index in [4.69, 9.17) is 0 Å². The van der Waals surface area contributed by atoms with E-state index in [-0.39, 0.29) is 23.1 Å². The van der Waals surface area contributed by atoms with Gasteiger partial charge in [-0.1, -0.05) is 13.8 Å². The standard InChI is InChI=1S/C10H15N3O2/c1-10(2)7(4-8(10)14)12-6-3-9(15)13-11-5-6/h3,5,7-8,14H,4H2,1-2H3,(H2,12,13,15). The van der Waals surface area contributed by atoms with Gasteiger partial charge < -0.3 is 10.4 Å². The molecule has 1 aliphatic rings. The Bertz CT molecular complexity index is 413. The fourth-order valence-corrected chi connectivity index (χ4v) is 1.80. The summed E-state index contributed by atoms with van der Waals surface area (Å²) < 4.78 is 0. The fourth-order valence-electron chi connectivity index (χ4n) is 1.80. The average molecular weight is 209 g/mol. The van der Waals surface area contributed by atoms with Crippen molar-refractivity contribution in [2.24, 2.45) is 5.41 Å². The van der Waals surface area contributed by atoms with Gasteiger partial charge >= 0.3 is 0 Å².